The van der Waals surface area contributed by atoms with Crippen molar-refractivity contribution in [1.29, 1.82) is 0 Å². The van der Waals surface area contributed by atoms with Gasteiger partial charge >= 0.3 is 7.82 Å². The van der Waals surface area contributed by atoms with Crippen molar-refractivity contribution in [2.75, 3.05) is 40.9 Å². The summed E-state index contributed by atoms with van der Waals surface area (Å²) in [5.41, 5.74) is 0. The number of carbonyl (C=O) groups excluding carboxylic acids is 1. The van der Waals surface area contributed by atoms with E-state index in [-0.39, 0.29) is 19.1 Å². The first-order chi connectivity index (χ1) is 22.5. The fourth-order valence-corrected chi connectivity index (χ4v) is 6.05. The van der Waals surface area contributed by atoms with E-state index >= 15 is 0 Å². The summed E-state index contributed by atoms with van der Waals surface area (Å²) in [5.74, 6) is -0.162. The van der Waals surface area contributed by atoms with Gasteiger partial charge in [0.05, 0.1) is 39.9 Å². The minimum absolute atomic E-state index is 0.0718. The van der Waals surface area contributed by atoms with Crippen molar-refractivity contribution in [3.63, 3.8) is 0 Å². The Morgan fingerprint density at radius 2 is 1.26 bits per heavy atom. The summed E-state index contributed by atoms with van der Waals surface area (Å²) in [5, 5.41) is 13.9. The molecular formula is C38H76N2O6P+. The standard InChI is InChI=1S/C38H75N2O6P/c1-6-8-10-12-14-16-18-20-22-24-26-28-30-32-38(42)39-36(35-46-47(43,44)45-34-33-40(3,4)5)37(41)31-29-27-25-23-21-19-17-15-13-11-9-7-2/h10,12,16,18,36-37,41H,6-9,11,13-15,17,19-35H2,1-5H3,(H-,39,42,43,44)/p+1/b12-10-,18-16-. The Labute approximate surface area is 290 Å². The van der Waals surface area contributed by atoms with Crippen molar-refractivity contribution in [1.82, 2.24) is 5.32 Å². The van der Waals surface area contributed by atoms with Gasteiger partial charge in [0.15, 0.2) is 0 Å². The third-order valence-corrected chi connectivity index (χ3v) is 9.42. The van der Waals surface area contributed by atoms with Gasteiger partial charge in [0.25, 0.3) is 0 Å². The molecule has 278 valence electrons. The number of likely N-dealkylation sites (N-methyl/N-ethyl adjacent to an activating group) is 1. The van der Waals surface area contributed by atoms with E-state index in [1.807, 2.05) is 21.1 Å². The van der Waals surface area contributed by atoms with Gasteiger partial charge in [-0.05, 0) is 38.5 Å². The smallest absolute Gasteiger partial charge is 0.391 e. The lowest BCUT2D eigenvalue weighted by molar-refractivity contribution is -0.870. The average molecular weight is 688 g/mol. The van der Waals surface area contributed by atoms with Crippen LogP contribution in [-0.2, 0) is 18.4 Å². The lowest BCUT2D eigenvalue weighted by Crippen LogP contribution is -2.46. The highest BCUT2D eigenvalue weighted by Gasteiger charge is 2.28. The van der Waals surface area contributed by atoms with Gasteiger partial charge in [-0.1, -0.05) is 141 Å². The molecule has 0 aliphatic heterocycles. The number of aliphatic hydroxyl groups excluding tert-OH is 1. The predicted molar refractivity (Wildman–Crippen MR) is 198 cm³/mol. The van der Waals surface area contributed by atoms with Gasteiger partial charge in [-0.25, -0.2) is 4.57 Å². The molecule has 9 heteroatoms. The van der Waals surface area contributed by atoms with Crippen molar-refractivity contribution in [3.8, 4) is 0 Å². The van der Waals surface area contributed by atoms with Gasteiger partial charge in [-0.15, -0.1) is 0 Å². The largest absolute Gasteiger partial charge is 0.472 e. The Balaban J connectivity index is 4.50. The van der Waals surface area contributed by atoms with Crippen molar-refractivity contribution >= 4 is 13.7 Å². The van der Waals surface area contributed by atoms with E-state index in [0.717, 1.165) is 70.6 Å². The average Bonchev–Trinajstić information content (AvgIpc) is 3.01. The third-order valence-electron chi connectivity index (χ3n) is 8.43. The molecule has 0 saturated carbocycles. The number of unbranched alkanes of at least 4 members (excludes halogenated alkanes) is 17. The monoisotopic (exact) mass is 688 g/mol. The first kappa shape index (κ1) is 46.0. The third kappa shape index (κ3) is 33.3. The van der Waals surface area contributed by atoms with E-state index in [0.29, 0.717) is 23.9 Å². The molecule has 0 aliphatic rings. The van der Waals surface area contributed by atoms with Gasteiger partial charge < -0.3 is 19.8 Å². The Morgan fingerprint density at radius 3 is 1.83 bits per heavy atom. The van der Waals surface area contributed by atoms with Crippen LogP contribution in [0.1, 0.15) is 162 Å². The molecule has 0 saturated heterocycles. The van der Waals surface area contributed by atoms with E-state index in [9.17, 15) is 19.4 Å². The van der Waals surface area contributed by atoms with E-state index in [4.69, 9.17) is 9.05 Å². The van der Waals surface area contributed by atoms with Crippen LogP contribution in [0, 0.1) is 0 Å². The summed E-state index contributed by atoms with van der Waals surface area (Å²) in [7, 11) is 1.60. The highest BCUT2D eigenvalue weighted by atomic mass is 31.2. The summed E-state index contributed by atoms with van der Waals surface area (Å²) >= 11 is 0. The molecule has 3 unspecified atom stereocenters. The molecule has 0 aromatic carbocycles. The summed E-state index contributed by atoms with van der Waals surface area (Å²) in [6.07, 6.45) is 33.4. The summed E-state index contributed by atoms with van der Waals surface area (Å²) in [4.78, 5) is 23.0. The summed E-state index contributed by atoms with van der Waals surface area (Å²) in [6, 6.07) is -0.763. The second-order valence-corrected chi connectivity index (χ2v) is 15.8. The second-order valence-electron chi connectivity index (χ2n) is 14.3. The number of hydrogen-bond donors (Lipinski definition) is 3. The van der Waals surface area contributed by atoms with Crippen LogP contribution in [-0.4, -0.2) is 73.4 Å². The minimum atomic E-state index is -4.31. The first-order valence-corrected chi connectivity index (χ1v) is 20.7. The van der Waals surface area contributed by atoms with E-state index in [1.165, 1.54) is 64.2 Å². The van der Waals surface area contributed by atoms with Crippen LogP contribution in [0.15, 0.2) is 24.3 Å². The number of aliphatic hydroxyl groups is 1. The normalized spacial score (nSPS) is 15.0. The van der Waals surface area contributed by atoms with Crippen molar-refractivity contribution in [2.24, 2.45) is 0 Å². The van der Waals surface area contributed by atoms with Crippen molar-refractivity contribution < 1.29 is 32.9 Å². The molecule has 0 bridgehead atoms. The van der Waals surface area contributed by atoms with Crippen LogP contribution in [0.2, 0.25) is 0 Å². The number of carbonyl (C=O) groups is 1. The quantitative estimate of drug-likeness (QED) is 0.0269. The maximum atomic E-state index is 12.8. The minimum Gasteiger partial charge on any atom is -0.391 e. The molecule has 0 aromatic rings. The highest BCUT2D eigenvalue weighted by molar-refractivity contribution is 7.47. The number of allylic oxidation sites excluding steroid dienone is 4. The number of nitrogens with zero attached hydrogens (tertiary/aromatic N) is 1. The molecule has 3 atom stereocenters. The fourth-order valence-electron chi connectivity index (χ4n) is 5.32. The van der Waals surface area contributed by atoms with Crippen LogP contribution in [0.25, 0.3) is 0 Å². The van der Waals surface area contributed by atoms with Crippen molar-refractivity contribution in [2.45, 2.75) is 174 Å². The molecular weight excluding hydrogens is 611 g/mol. The number of quaternary nitrogens is 1. The number of amides is 1. The first-order valence-electron chi connectivity index (χ1n) is 19.2. The molecule has 1 amide bonds. The highest BCUT2D eigenvalue weighted by Crippen LogP contribution is 2.43. The lowest BCUT2D eigenvalue weighted by atomic mass is 10.0. The van der Waals surface area contributed by atoms with Gasteiger partial charge in [0.1, 0.15) is 13.2 Å². The van der Waals surface area contributed by atoms with Crippen LogP contribution in [0.5, 0.6) is 0 Å². The molecule has 0 fully saturated rings. The Hall–Kier alpha value is -1.02. The maximum Gasteiger partial charge on any atom is 0.472 e. The van der Waals surface area contributed by atoms with E-state index in [1.54, 1.807) is 0 Å². The molecule has 0 radical (unpaired) electrons. The van der Waals surface area contributed by atoms with Crippen LogP contribution in [0.3, 0.4) is 0 Å². The van der Waals surface area contributed by atoms with Gasteiger partial charge in [-0.3, -0.25) is 13.8 Å². The number of phosphoric acid groups is 1. The van der Waals surface area contributed by atoms with Gasteiger partial charge in [0, 0.05) is 6.42 Å². The topological polar surface area (TPSA) is 105 Å². The van der Waals surface area contributed by atoms with Crippen LogP contribution >= 0.6 is 7.82 Å². The Bertz CT molecular complexity index is 829. The van der Waals surface area contributed by atoms with Gasteiger partial charge in [0.2, 0.25) is 5.91 Å². The fraction of sp³-hybridized carbons (Fsp3) is 0.868. The molecule has 3 N–H and O–H groups in total. The Morgan fingerprint density at radius 1 is 0.723 bits per heavy atom. The van der Waals surface area contributed by atoms with Crippen LogP contribution < -0.4 is 5.32 Å². The number of nitrogens with one attached hydrogen (secondary N) is 1. The molecule has 8 nitrogen and oxygen atoms in total. The molecule has 0 heterocycles. The maximum absolute atomic E-state index is 12.8. The van der Waals surface area contributed by atoms with E-state index in [2.05, 4.69) is 43.5 Å². The zero-order valence-electron chi connectivity index (χ0n) is 31.3. The SMILES string of the molecule is CCC/C=C\C/C=C\CCCCCCCC(=O)NC(COP(=O)(O)OCC[N+](C)(C)C)C(O)CCCCCCCCCCCCCC. The summed E-state index contributed by atoms with van der Waals surface area (Å²) in [6.45, 7) is 4.78. The summed E-state index contributed by atoms with van der Waals surface area (Å²) < 4.78 is 23.5. The number of phosphoric ester groups is 1. The van der Waals surface area contributed by atoms with Crippen LogP contribution in [0.4, 0.5) is 0 Å². The predicted octanol–water partition coefficient (Wildman–Crippen LogP) is 9.80. The molecule has 0 rings (SSSR count). The second kappa shape index (κ2) is 31.0. The lowest BCUT2D eigenvalue weighted by Gasteiger charge is -2.26. The number of rotatable bonds is 34. The number of hydrogen-bond acceptors (Lipinski definition) is 5. The van der Waals surface area contributed by atoms with E-state index < -0.39 is 20.0 Å². The molecule has 47 heavy (non-hydrogen) atoms. The zero-order valence-corrected chi connectivity index (χ0v) is 32.2. The Kier molecular flexibility index (Phi) is 30.3. The molecule has 0 aliphatic carbocycles. The zero-order chi connectivity index (χ0) is 35.1. The molecule has 0 aromatic heterocycles. The van der Waals surface area contributed by atoms with Crippen molar-refractivity contribution in [3.05, 3.63) is 24.3 Å². The molecule has 0 spiro atoms. The van der Waals surface area contributed by atoms with Gasteiger partial charge in [-0.2, -0.15) is 0 Å².